The van der Waals surface area contributed by atoms with Gasteiger partial charge in [-0.2, -0.15) is 0 Å². The van der Waals surface area contributed by atoms with Gasteiger partial charge in [0.2, 0.25) is 5.91 Å². The first-order valence-electron chi connectivity index (χ1n) is 8.83. The lowest BCUT2D eigenvalue weighted by Gasteiger charge is -2.36. The Morgan fingerprint density at radius 1 is 1.26 bits per heavy atom. The molecule has 0 spiro atoms. The van der Waals surface area contributed by atoms with Crippen LogP contribution in [0.2, 0.25) is 0 Å². The Morgan fingerprint density at radius 3 is 2.81 bits per heavy atom. The second kappa shape index (κ2) is 9.34. The van der Waals surface area contributed by atoms with Crippen LogP contribution in [-0.4, -0.2) is 27.6 Å². The van der Waals surface area contributed by atoms with E-state index in [4.69, 9.17) is 12.2 Å². The number of pyridine rings is 1. The topological polar surface area (TPSA) is 57.3 Å². The molecule has 2 N–H and O–H groups in total. The third kappa shape index (κ3) is 5.67. The molecule has 1 fully saturated rings. The monoisotopic (exact) mass is 384 g/mol. The summed E-state index contributed by atoms with van der Waals surface area (Å²) in [4.78, 5) is 16.2. The summed E-state index contributed by atoms with van der Waals surface area (Å²) in [7, 11) is 0. The maximum atomic E-state index is 12.9. The first-order valence-corrected chi connectivity index (χ1v) is 9.24. The van der Waals surface area contributed by atoms with Crippen LogP contribution in [0.25, 0.3) is 6.08 Å². The Hall–Kier alpha value is -2.64. The second-order valence-electron chi connectivity index (χ2n) is 6.31. The van der Waals surface area contributed by atoms with Crippen molar-refractivity contribution >= 4 is 29.3 Å². The first kappa shape index (κ1) is 19.1. The molecule has 2 aromatic rings. The van der Waals surface area contributed by atoms with E-state index in [9.17, 15) is 9.18 Å². The number of piperidine rings is 1. The standard InChI is InChI=1S/C20H21FN4OS/c21-17-9-6-15(7-10-17)8-11-19(26)23-20(27)24-25-13-2-1-5-18(25)16-4-3-12-22-14-16/h3-4,6-12,14,18H,1-2,5,13H2,(H2,23,24,26,27)/b11-8+/t18-/m1/s1. The number of nitrogens with one attached hydrogen (secondary N) is 2. The van der Waals surface area contributed by atoms with E-state index in [-0.39, 0.29) is 22.9 Å². The fraction of sp³-hybridized carbons (Fsp3) is 0.250. The zero-order valence-electron chi connectivity index (χ0n) is 14.8. The summed E-state index contributed by atoms with van der Waals surface area (Å²) in [6.07, 6.45) is 9.79. The number of hydrogen-bond acceptors (Lipinski definition) is 4. The van der Waals surface area contributed by atoms with E-state index in [1.807, 2.05) is 23.3 Å². The van der Waals surface area contributed by atoms with Crippen LogP contribution in [0.5, 0.6) is 0 Å². The molecule has 1 aromatic heterocycles. The summed E-state index contributed by atoms with van der Waals surface area (Å²) >= 11 is 5.28. The number of amides is 1. The largest absolute Gasteiger partial charge is 0.298 e. The predicted molar refractivity (Wildman–Crippen MR) is 107 cm³/mol. The molecule has 1 aromatic carbocycles. The number of carbonyl (C=O) groups excluding carboxylic acids is 1. The molecule has 1 aliphatic heterocycles. The van der Waals surface area contributed by atoms with Crippen molar-refractivity contribution in [3.8, 4) is 0 Å². The number of nitrogens with zero attached hydrogens (tertiary/aromatic N) is 2. The van der Waals surface area contributed by atoms with Crippen molar-refractivity contribution in [1.29, 1.82) is 0 Å². The third-order valence-corrected chi connectivity index (χ3v) is 4.54. The predicted octanol–water partition coefficient (Wildman–Crippen LogP) is 3.37. The van der Waals surface area contributed by atoms with Crippen LogP contribution in [0.4, 0.5) is 4.39 Å². The highest BCUT2D eigenvalue weighted by atomic mass is 32.1. The smallest absolute Gasteiger partial charge is 0.250 e. The van der Waals surface area contributed by atoms with Crippen LogP contribution in [-0.2, 0) is 4.79 Å². The molecule has 2 heterocycles. The van der Waals surface area contributed by atoms with Crippen molar-refractivity contribution in [1.82, 2.24) is 20.7 Å². The average molecular weight is 384 g/mol. The average Bonchev–Trinajstić information content (AvgIpc) is 2.68. The Balaban J connectivity index is 1.55. The molecule has 0 bridgehead atoms. The number of carbonyl (C=O) groups is 1. The molecule has 3 rings (SSSR count). The summed E-state index contributed by atoms with van der Waals surface area (Å²) in [6.45, 7) is 0.834. The van der Waals surface area contributed by atoms with E-state index in [1.165, 1.54) is 18.2 Å². The van der Waals surface area contributed by atoms with E-state index in [1.54, 1.807) is 24.4 Å². The zero-order valence-corrected chi connectivity index (χ0v) is 15.6. The van der Waals surface area contributed by atoms with Crippen molar-refractivity contribution in [3.63, 3.8) is 0 Å². The van der Waals surface area contributed by atoms with Crippen molar-refractivity contribution < 1.29 is 9.18 Å². The van der Waals surface area contributed by atoms with Crippen molar-refractivity contribution in [3.05, 3.63) is 71.8 Å². The van der Waals surface area contributed by atoms with Crippen LogP contribution in [0.3, 0.4) is 0 Å². The summed E-state index contributed by atoms with van der Waals surface area (Å²) < 4.78 is 12.9. The van der Waals surface area contributed by atoms with E-state index >= 15 is 0 Å². The Morgan fingerprint density at radius 2 is 2.07 bits per heavy atom. The minimum atomic E-state index is -0.341. The number of aromatic nitrogens is 1. The molecule has 1 saturated heterocycles. The minimum absolute atomic E-state index is 0.164. The summed E-state index contributed by atoms with van der Waals surface area (Å²) in [5.74, 6) is -0.654. The fourth-order valence-electron chi connectivity index (χ4n) is 3.04. The number of halogens is 1. The van der Waals surface area contributed by atoms with Gasteiger partial charge in [0.05, 0.1) is 6.04 Å². The van der Waals surface area contributed by atoms with Gasteiger partial charge >= 0.3 is 0 Å². The van der Waals surface area contributed by atoms with Gasteiger partial charge in [0, 0.05) is 25.0 Å². The molecular weight excluding hydrogens is 363 g/mol. The Kier molecular flexibility index (Phi) is 6.62. The Bertz CT molecular complexity index is 810. The Labute approximate surface area is 163 Å². The van der Waals surface area contributed by atoms with Crippen molar-refractivity contribution in [2.24, 2.45) is 0 Å². The number of benzene rings is 1. The van der Waals surface area contributed by atoms with Crippen LogP contribution in [0, 0.1) is 5.82 Å². The van der Waals surface area contributed by atoms with Crippen molar-refractivity contribution in [2.45, 2.75) is 25.3 Å². The zero-order chi connectivity index (χ0) is 19.1. The molecule has 1 aliphatic rings. The molecule has 140 valence electrons. The van der Waals surface area contributed by atoms with E-state index < -0.39 is 0 Å². The van der Waals surface area contributed by atoms with Crippen molar-refractivity contribution in [2.75, 3.05) is 6.54 Å². The van der Waals surface area contributed by atoms with Gasteiger partial charge in [0.25, 0.3) is 0 Å². The molecule has 0 saturated carbocycles. The van der Waals surface area contributed by atoms with Crippen LogP contribution in [0.15, 0.2) is 54.9 Å². The van der Waals surface area contributed by atoms with Crippen LogP contribution >= 0.6 is 12.2 Å². The lowest BCUT2D eigenvalue weighted by Crippen LogP contribution is -2.51. The summed E-state index contributed by atoms with van der Waals surface area (Å²) in [5, 5.41) is 4.94. The molecule has 1 amide bonds. The minimum Gasteiger partial charge on any atom is -0.298 e. The molecule has 7 heteroatoms. The second-order valence-corrected chi connectivity index (χ2v) is 6.71. The SMILES string of the molecule is O=C(/C=C/c1ccc(F)cc1)NC(=S)NN1CCCC[C@@H]1c1cccnc1. The highest BCUT2D eigenvalue weighted by molar-refractivity contribution is 7.80. The summed E-state index contributed by atoms with van der Waals surface area (Å²) in [6, 6.07) is 10.0. The fourth-order valence-corrected chi connectivity index (χ4v) is 3.26. The molecule has 1 atom stereocenters. The highest BCUT2D eigenvalue weighted by Crippen LogP contribution is 2.28. The van der Waals surface area contributed by atoms with E-state index in [0.717, 1.165) is 36.9 Å². The first-order chi connectivity index (χ1) is 13.1. The van der Waals surface area contributed by atoms with Crippen LogP contribution < -0.4 is 10.7 Å². The van der Waals surface area contributed by atoms with Crippen LogP contribution in [0.1, 0.15) is 36.4 Å². The van der Waals surface area contributed by atoms with Gasteiger partial charge in [-0.25, -0.2) is 9.40 Å². The molecule has 0 aliphatic carbocycles. The van der Waals surface area contributed by atoms with Gasteiger partial charge in [-0.3, -0.25) is 20.5 Å². The molecule has 0 unspecified atom stereocenters. The summed E-state index contributed by atoms with van der Waals surface area (Å²) in [5.41, 5.74) is 4.98. The van der Waals surface area contributed by atoms with Gasteiger partial charge in [-0.1, -0.05) is 24.6 Å². The number of hydrazine groups is 1. The lowest BCUT2D eigenvalue weighted by atomic mass is 9.98. The molecule has 0 radical (unpaired) electrons. The van der Waals surface area contributed by atoms with Gasteiger partial charge in [-0.15, -0.1) is 0 Å². The highest BCUT2D eigenvalue weighted by Gasteiger charge is 2.24. The lowest BCUT2D eigenvalue weighted by molar-refractivity contribution is -0.115. The molecule has 5 nitrogen and oxygen atoms in total. The van der Waals surface area contributed by atoms with Gasteiger partial charge in [0.1, 0.15) is 5.82 Å². The number of thiocarbonyl (C=S) groups is 1. The third-order valence-electron chi connectivity index (χ3n) is 4.35. The van der Waals surface area contributed by atoms with Gasteiger partial charge in [0.15, 0.2) is 5.11 Å². The normalized spacial score (nSPS) is 17.6. The van der Waals surface area contributed by atoms with E-state index in [2.05, 4.69) is 15.7 Å². The van der Waals surface area contributed by atoms with E-state index in [0.29, 0.717) is 0 Å². The van der Waals surface area contributed by atoms with Gasteiger partial charge < -0.3 is 0 Å². The number of rotatable bonds is 4. The quantitative estimate of drug-likeness (QED) is 0.625. The maximum absolute atomic E-state index is 12.9. The number of hydrogen-bond donors (Lipinski definition) is 2. The molecular formula is C20H21FN4OS. The van der Waals surface area contributed by atoms with Gasteiger partial charge in [-0.05, 0) is 60.5 Å². The maximum Gasteiger partial charge on any atom is 0.250 e. The molecule has 27 heavy (non-hydrogen) atoms.